The van der Waals surface area contributed by atoms with E-state index in [-0.39, 0.29) is 23.3 Å². The van der Waals surface area contributed by atoms with Crippen molar-refractivity contribution in [2.24, 2.45) is 0 Å². The molecule has 1 atom stereocenters. The van der Waals surface area contributed by atoms with Gasteiger partial charge in [-0.15, -0.1) is 0 Å². The lowest BCUT2D eigenvalue weighted by Gasteiger charge is -2.14. The van der Waals surface area contributed by atoms with Gasteiger partial charge in [0.15, 0.2) is 0 Å². The summed E-state index contributed by atoms with van der Waals surface area (Å²) in [5, 5.41) is 12.8. The Labute approximate surface area is 123 Å². The number of carbonyl (C=O) groups is 1. The monoisotopic (exact) mass is 287 g/mol. The lowest BCUT2D eigenvalue weighted by molar-refractivity contribution is -0.119. The topological polar surface area (TPSA) is 49.3 Å². The maximum atomic E-state index is 13.4. The number of amides is 1. The lowest BCUT2D eigenvalue weighted by atomic mass is 9.99. The molecule has 110 valence electrons. The Bertz CT molecular complexity index is 665. The lowest BCUT2D eigenvalue weighted by Crippen LogP contribution is -2.23. The van der Waals surface area contributed by atoms with Crippen LogP contribution in [0.4, 0.5) is 4.39 Å². The largest absolute Gasteiger partial charge is 0.507 e. The molecule has 2 aromatic carbocycles. The molecule has 0 aliphatic heterocycles. The van der Waals surface area contributed by atoms with Crippen LogP contribution in [0, 0.1) is 12.7 Å². The zero-order valence-corrected chi connectivity index (χ0v) is 12.3. The molecule has 3 nitrogen and oxygen atoms in total. The van der Waals surface area contributed by atoms with Gasteiger partial charge in [0.25, 0.3) is 0 Å². The molecule has 0 aliphatic carbocycles. The van der Waals surface area contributed by atoms with Gasteiger partial charge in [0, 0.05) is 18.1 Å². The highest BCUT2D eigenvalue weighted by atomic mass is 19.1. The molecule has 0 bridgehead atoms. The molecule has 21 heavy (non-hydrogen) atoms. The molecule has 1 amide bonds. The number of phenols is 1. The number of nitrogens with one attached hydrogen (secondary N) is 1. The van der Waals surface area contributed by atoms with Crippen LogP contribution >= 0.6 is 0 Å². The third-order valence-corrected chi connectivity index (χ3v) is 3.51. The van der Waals surface area contributed by atoms with Gasteiger partial charge in [0.05, 0.1) is 6.04 Å². The van der Waals surface area contributed by atoms with Gasteiger partial charge in [-0.3, -0.25) is 4.79 Å². The van der Waals surface area contributed by atoms with Crippen molar-refractivity contribution in [3.63, 3.8) is 0 Å². The smallest absolute Gasteiger partial charge is 0.217 e. The van der Waals surface area contributed by atoms with Crippen molar-refractivity contribution in [2.45, 2.75) is 26.8 Å². The van der Waals surface area contributed by atoms with Crippen molar-refractivity contribution in [1.29, 1.82) is 0 Å². The third kappa shape index (κ3) is 3.21. The molecule has 0 aromatic heterocycles. The van der Waals surface area contributed by atoms with Crippen LogP contribution in [0.25, 0.3) is 11.1 Å². The summed E-state index contributed by atoms with van der Waals surface area (Å²) in [5.74, 6) is -0.553. The molecular weight excluding hydrogens is 269 g/mol. The van der Waals surface area contributed by atoms with Crippen molar-refractivity contribution in [3.05, 3.63) is 53.3 Å². The highest BCUT2D eigenvalue weighted by molar-refractivity contribution is 5.74. The zero-order valence-electron chi connectivity index (χ0n) is 12.3. The summed E-state index contributed by atoms with van der Waals surface area (Å²) in [6.07, 6.45) is 0. The van der Waals surface area contributed by atoms with Crippen LogP contribution < -0.4 is 5.32 Å². The summed E-state index contributed by atoms with van der Waals surface area (Å²) in [6.45, 7) is 4.92. The Hall–Kier alpha value is -2.36. The Kier molecular flexibility index (Phi) is 4.26. The molecule has 2 rings (SSSR count). The van der Waals surface area contributed by atoms with E-state index in [4.69, 9.17) is 0 Å². The van der Waals surface area contributed by atoms with Gasteiger partial charge in [-0.1, -0.05) is 24.3 Å². The average molecular weight is 287 g/mol. The molecule has 0 fully saturated rings. The molecular formula is C17H18FNO2. The van der Waals surface area contributed by atoms with Crippen molar-refractivity contribution < 1.29 is 14.3 Å². The van der Waals surface area contributed by atoms with Gasteiger partial charge in [-0.2, -0.15) is 0 Å². The molecule has 0 heterocycles. The molecule has 0 spiro atoms. The minimum absolute atomic E-state index is 0.0438. The molecule has 0 saturated heterocycles. The Morgan fingerprint density at radius 1 is 1.19 bits per heavy atom. The standard InChI is InChI=1S/C17H18FNO2/c1-10-16(18)9-8-15(17(10)21)14-6-4-13(5-7-14)11(2)19-12(3)20/h4-9,11,21H,1-3H3,(H,19,20). The quantitative estimate of drug-likeness (QED) is 0.904. The van der Waals surface area contributed by atoms with E-state index in [9.17, 15) is 14.3 Å². The number of carbonyl (C=O) groups excluding carboxylic acids is 1. The summed E-state index contributed by atoms with van der Waals surface area (Å²) in [7, 11) is 0. The van der Waals surface area contributed by atoms with Gasteiger partial charge in [-0.05, 0) is 37.1 Å². The van der Waals surface area contributed by atoms with Crippen molar-refractivity contribution in [2.75, 3.05) is 0 Å². The summed E-state index contributed by atoms with van der Waals surface area (Å²) in [5.41, 5.74) is 2.59. The summed E-state index contributed by atoms with van der Waals surface area (Å²) < 4.78 is 13.4. The van der Waals surface area contributed by atoms with E-state index in [2.05, 4.69) is 5.32 Å². The third-order valence-electron chi connectivity index (χ3n) is 3.51. The van der Waals surface area contributed by atoms with Crippen LogP contribution in [0.3, 0.4) is 0 Å². The summed E-state index contributed by atoms with van der Waals surface area (Å²) in [4.78, 5) is 11.1. The minimum Gasteiger partial charge on any atom is -0.507 e. The first-order valence-corrected chi connectivity index (χ1v) is 6.75. The summed E-state index contributed by atoms with van der Waals surface area (Å²) >= 11 is 0. The van der Waals surface area contributed by atoms with E-state index in [1.54, 1.807) is 13.0 Å². The minimum atomic E-state index is -0.424. The number of hydrogen-bond acceptors (Lipinski definition) is 2. The average Bonchev–Trinajstić information content (AvgIpc) is 2.44. The molecule has 2 aromatic rings. The number of phenolic OH excluding ortho intramolecular Hbond substituents is 1. The molecule has 2 N–H and O–H groups in total. The van der Waals surface area contributed by atoms with Crippen molar-refractivity contribution >= 4 is 5.91 Å². The second-order valence-corrected chi connectivity index (χ2v) is 5.11. The van der Waals surface area contributed by atoms with Crippen LogP contribution in [0.5, 0.6) is 5.75 Å². The number of rotatable bonds is 3. The van der Waals surface area contributed by atoms with E-state index in [0.717, 1.165) is 11.1 Å². The first-order chi connectivity index (χ1) is 9.90. The predicted molar refractivity (Wildman–Crippen MR) is 80.5 cm³/mol. The Morgan fingerprint density at radius 3 is 2.38 bits per heavy atom. The molecule has 4 heteroatoms. The number of benzene rings is 2. The van der Waals surface area contributed by atoms with Crippen LogP contribution in [0.15, 0.2) is 36.4 Å². The maximum Gasteiger partial charge on any atom is 0.217 e. The maximum absolute atomic E-state index is 13.4. The fourth-order valence-electron chi connectivity index (χ4n) is 2.25. The first kappa shape index (κ1) is 15.0. The SMILES string of the molecule is CC(=O)NC(C)c1ccc(-c2ccc(F)c(C)c2O)cc1. The highest BCUT2D eigenvalue weighted by Gasteiger charge is 2.11. The molecule has 1 unspecified atom stereocenters. The van der Waals surface area contributed by atoms with E-state index in [1.807, 2.05) is 31.2 Å². The van der Waals surface area contributed by atoms with Crippen LogP contribution in [0.2, 0.25) is 0 Å². The van der Waals surface area contributed by atoms with Gasteiger partial charge in [0.2, 0.25) is 5.91 Å². The summed E-state index contributed by atoms with van der Waals surface area (Å²) in [6, 6.07) is 10.3. The first-order valence-electron chi connectivity index (χ1n) is 6.75. The molecule has 0 radical (unpaired) electrons. The van der Waals surface area contributed by atoms with Gasteiger partial charge in [-0.25, -0.2) is 4.39 Å². The second-order valence-electron chi connectivity index (χ2n) is 5.11. The highest BCUT2D eigenvalue weighted by Crippen LogP contribution is 2.33. The fraction of sp³-hybridized carbons (Fsp3) is 0.235. The fourth-order valence-corrected chi connectivity index (χ4v) is 2.25. The normalized spacial score (nSPS) is 12.0. The van der Waals surface area contributed by atoms with Gasteiger partial charge in [0.1, 0.15) is 11.6 Å². The zero-order chi connectivity index (χ0) is 15.6. The predicted octanol–water partition coefficient (Wildman–Crippen LogP) is 3.70. The second kappa shape index (κ2) is 5.95. The van der Waals surface area contributed by atoms with Crippen LogP contribution in [-0.4, -0.2) is 11.0 Å². The van der Waals surface area contributed by atoms with Crippen LogP contribution in [0.1, 0.15) is 31.0 Å². The molecule has 0 saturated carbocycles. The van der Waals surface area contributed by atoms with Gasteiger partial charge >= 0.3 is 0 Å². The Morgan fingerprint density at radius 2 is 1.81 bits per heavy atom. The Balaban J connectivity index is 2.31. The number of aromatic hydroxyl groups is 1. The van der Waals surface area contributed by atoms with Crippen molar-refractivity contribution in [3.8, 4) is 16.9 Å². The number of hydrogen-bond donors (Lipinski definition) is 2. The van der Waals surface area contributed by atoms with E-state index >= 15 is 0 Å². The van der Waals surface area contributed by atoms with Gasteiger partial charge < -0.3 is 10.4 Å². The van der Waals surface area contributed by atoms with E-state index in [0.29, 0.717) is 5.56 Å². The van der Waals surface area contributed by atoms with E-state index in [1.165, 1.54) is 13.0 Å². The van der Waals surface area contributed by atoms with Crippen molar-refractivity contribution in [1.82, 2.24) is 5.32 Å². The number of halogens is 1. The van der Waals surface area contributed by atoms with E-state index < -0.39 is 5.82 Å². The molecule has 0 aliphatic rings. The van der Waals surface area contributed by atoms with Crippen LogP contribution in [-0.2, 0) is 4.79 Å².